The Bertz CT molecular complexity index is 501. The van der Waals surface area contributed by atoms with Crippen molar-refractivity contribution in [3.8, 4) is 0 Å². The predicted octanol–water partition coefficient (Wildman–Crippen LogP) is 1.21. The normalized spacial score (nSPS) is 13.8. The highest BCUT2D eigenvalue weighted by Gasteiger charge is 2.20. The van der Waals surface area contributed by atoms with Crippen molar-refractivity contribution in [3.05, 3.63) is 24.3 Å². The van der Waals surface area contributed by atoms with Gasteiger partial charge in [-0.15, -0.1) is 0 Å². The molecule has 2 rings (SSSR count). The zero-order valence-corrected chi connectivity index (χ0v) is 12.1. The molecule has 1 aliphatic rings. The van der Waals surface area contributed by atoms with E-state index in [1.54, 1.807) is 24.3 Å². The van der Waals surface area contributed by atoms with Crippen LogP contribution in [0.1, 0.15) is 12.8 Å². The molecule has 0 spiro atoms. The van der Waals surface area contributed by atoms with Gasteiger partial charge in [-0.05, 0) is 43.5 Å². The molecule has 0 heterocycles. The zero-order chi connectivity index (χ0) is 15.1. The molecular formula is C15H21N3O3. The number of rotatable bonds is 8. The summed E-state index contributed by atoms with van der Waals surface area (Å²) in [6.07, 6.45) is 2.52. The van der Waals surface area contributed by atoms with Crippen LogP contribution in [0.5, 0.6) is 0 Å². The molecule has 1 aliphatic carbocycles. The largest absolute Gasteiger partial charge is 0.375 e. The van der Waals surface area contributed by atoms with E-state index < -0.39 is 0 Å². The Morgan fingerprint density at radius 2 is 1.86 bits per heavy atom. The maximum absolute atomic E-state index is 11.8. The molecule has 1 aromatic rings. The summed E-state index contributed by atoms with van der Waals surface area (Å²) in [6.45, 7) is 1.21. The standard InChI is InChI=1S/C15H21N3O3/c1-21-10-15(20)18-13-4-2-3-12(7-13)17-14(19)9-16-8-11-5-6-11/h2-4,7,11,16H,5-6,8-10H2,1H3,(H,17,19)(H,18,20). The molecule has 21 heavy (non-hydrogen) atoms. The molecule has 6 heteroatoms. The molecule has 2 amide bonds. The van der Waals surface area contributed by atoms with Gasteiger partial charge < -0.3 is 20.7 Å². The van der Waals surface area contributed by atoms with Crippen molar-refractivity contribution in [2.75, 3.05) is 37.4 Å². The van der Waals surface area contributed by atoms with Crippen LogP contribution < -0.4 is 16.0 Å². The molecule has 0 radical (unpaired) electrons. The van der Waals surface area contributed by atoms with Crippen molar-refractivity contribution >= 4 is 23.2 Å². The summed E-state index contributed by atoms with van der Waals surface area (Å²) >= 11 is 0. The van der Waals surface area contributed by atoms with Gasteiger partial charge in [0.25, 0.3) is 0 Å². The number of hydrogen-bond acceptors (Lipinski definition) is 4. The topological polar surface area (TPSA) is 79.5 Å². The molecule has 1 fully saturated rings. The number of benzene rings is 1. The van der Waals surface area contributed by atoms with Crippen molar-refractivity contribution in [1.82, 2.24) is 5.32 Å². The molecule has 114 valence electrons. The van der Waals surface area contributed by atoms with Crippen LogP contribution in [0.25, 0.3) is 0 Å². The maximum Gasteiger partial charge on any atom is 0.250 e. The summed E-state index contributed by atoms with van der Waals surface area (Å²) < 4.78 is 4.75. The molecule has 0 unspecified atom stereocenters. The van der Waals surface area contributed by atoms with E-state index in [1.807, 2.05) is 0 Å². The highest BCUT2D eigenvalue weighted by Crippen LogP contribution is 2.27. The Kier molecular flexibility index (Phi) is 5.71. The summed E-state index contributed by atoms with van der Waals surface area (Å²) in [5.41, 5.74) is 1.28. The molecule has 0 bridgehead atoms. The highest BCUT2D eigenvalue weighted by molar-refractivity contribution is 5.95. The van der Waals surface area contributed by atoms with Gasteiger partial charge in [-0.3, -0.25) is 9.59 Å². The van der Waals surface area contributed by atoms with Crippen LogP contribution in [-0.2, 0) is 14.3 Å². The summed E-state index contributed by atoms with van der Waals surface area (Å²) in [7, 11) is 1.46. The van der Waals surface area contributed by atoms with Gasteiger partial charge in [0.1, 0.15) is 6.61 Å². The second kappa shape index (κ2) is 7.75. The Hall–Kier alpha value is -1.92. The number of carbonyl (C=O) groups excluding carboxylic acids is 2. The van der Waals surface area contributed by atoms with E-state index in [0.717, 1.165) is 12.5 Å². The lowest BCUT2D eigenvalue weighted by molar-refractivity contribution is -0.119. The lowest BCUT2D eigenvalue weighted by Gasteiger charge is -2.09. The van der Waals surface area contributed by atoms with Gasteiger partial charge in [0, 0.05) is 18.5 Å². The average Bonchev–Trinajstić information content (AvgIpc) is 3.23. The van der Waals surface area contributed by atoms with Crippen molar-refractivity contribution < 1.29 is 14.3 Å². The van der Waals surface area contributed by atoms with Crippen molar-refractivity contribution in [2.24, 2.45) is 5.92 Å². The van der Waals surface area contributed by atoms with E-state index in [4.69, 9.17) is 4.74 Å². The molecule has 0 atom stereocenters. The number of anilines is 2. The van der Waals surface area contributed by atoms with Crippen molar-refractivity contribution in [1.29, 1.82) is 0 Å². The maximum atomic E-state index is 11.8. The van der Waals surface area contributed by atoms with E-state index in [1.165, 1.54) is 20.0 Å². The van der Waals surface area contributed by atoms with E-state index in [2.05, 4.69) is 16.0 Å². The fourth-order valence-electron chi connectivity index (χ4n) is 1.92. The van der Waals surface area contributed by atoms with Crippen LogP contribution in [-0.4, -0.2) is 38.6 Å². The summed E-state index contributed by atoms with van der Waals surface area (Å²) in [5.74, 6) is 0.431. The molecule has 3 N–H and O–H groups in total. The van der Waals surface area contributed by atoms with Crippen LogP contribution in [0, 0.1) is 5.92 Å². The number of amides is 2. The lowest BCUT2D eigenvalue weighted by atomic mass is 10.2. The minimum Gasteiger partial charge on any atom is -0.375 e. The zero-order valence-electron chi connectivity index (χ0n) is 12.1. The van der Waals surface area contributed by atoms with Gasteiger partial charge in [-0.25, -0.2) is 0 Å². The first kappa shape index (κ1) is 15.5. The van der Waals surface area contributed by atoms with Crippen LogP contribution in [0.2, 0.25) is 0 Å². The molecular weight excluding hydrogens is 270 g/mol. The molecule has 1 saturated carbocycles. The first-order chi connectivity index (χ1) is 10.2. The predicted molar refractivity (Wildman–Crippen MR) is 81.2 cm³/mol. The van der Waals surface area contributed by atoms with Gasteiger partial charge in [0.2, 0.25) is 11.8 Å². The van der Waals surface area contributed by atoms with Gasteiger partial charge >= 0.3 is 0 Å². The SMILES string of the molecule is COCC(=O)Nc1cccc(NC(=O)CNCC2CC2)c1. The van der Waals surface area contributed by atoms with Crippen LogP contribution in [0.15, 0.2) is 24.3 Å². The quantitative estimate of drug-likeness (QED) is 0.672. The van der Waals surface area contributed by atoms with Crippen LogP contribution in [0.4, 0.5) is 11.4 Å². The molecule has 0 aliphatic heterocycles. The molecule has 6 nitrogen and oxygen atoms in total. The van der Waals surface area contributed by atoms with Gasteiger partial charge in [0.05, 0.1) is 6.54 Å². The van der Waals surface area contributed by atoms with Crippen molar-refractivity contribution in [2.45, 2.75) is 12.8 Å². The number of nitrogens with one attached hydrogen (secondary N) is 3. The molecule has 1 aromatic carbocycles. The third-order valence-electron chi connectivity index (χ3n) is 3.12. The summed E-state index contributed by atoms with van der Waals surface area (Å²) in [4.78, 5) is 23.2. The van der Waals surface area contributed by atoms with Gasteiger partial charge in [0.15, 0.2) is 0 Å². The van der Waals surface area contributed by atoms with E-state index in [-0.39, 0.29) is 18.4 Å². The fourth-order valence-corrected chi connectivity index (χ4v) is 1.92. The minimum absolute atomic E-state index is 0.00166. The number of carbonyl (C=O) groups is 2. The molecule has 0 saturated heterocycles. The van der Waals surface area contributed by atoms with Gasteiger partial charge in [-0.1, -0.05) is 6.07 Å². The second-order valence-electron chi connectivity index (χ2n) is 5.18. The number of ether oxygens (including phenoxy) is 1. The van der Waals surface area contributed by atoms with Crippen molar-refractivity contribution in [3.63, 3.8) is 0 Å². The third kappa shape index (κ3) is 5.93. The van der Waals surface area contributed by atoms with Gasteiger partial charge in [-0.2, -0.15) is 0 Å². The Morgan fingerprint density at radius 1 is 1.19 bits per heavy atom. The Morgan fingerprint density at radius 3 is 2.48 bits per heavy atom. The Balaban J connectivity index is 1.78. The monoisotopic (exact) mass is 291 g/mol. The van der Waals surface area contributed by atoms with E-state index in [0.29, 0.717) is 17.9 Å². The first-order valence-corrected chi connectivity index (χ1v) is 7.07. The third-order valence-corrected chi connectivity index (χ3v) is 3.12. The summed E-state index contributed by atoms with van der Waals surface area (Å²) in [6, 6.07) is 7.03. The highest BCUT2D eigenvalue weighted by atomic mass is 16.5. The van der Waals surface area contributed by atoms with E-state index >= 15 is 0 Å². The number of methoxy groups -OCH3 is 1. The van der Waals surface area contributed by atoms with Crippen LogP contribution >= 0.6 is 0 Å². The Labute approximate surface area is 124 Å². The first-order valence-electron chi connectivity index (χ1n) is 7.07. The minimum atomic E-state index is -0.230. The average molecular weight is 291 g/mol. The number of hydrogen-bond donors (Lipinski definition) is 3. The van der Waals surface area contributed by atoms with E-state index in [9.17, 15) is 9.59 Å². The second-order valence-corrected chi connectivity index (χ2v) is 5.18. The molecule has 0 aromatic heterocycles. The van der Waals surface area contributed by atoms with Crippen LogP contribution in [0.3, 0.4) is 0 Å². The smallest absolute Gasteiger partial charge is 0.250 e. The lowest BCUT2D eigenvalue weighted by Crippen LogP contribution is -2.29. The fraction of sp³-hybridized carbons (Fsp3) is 0.467. The summed E-state index contributed by atoms with van der Waals surface area (Å²) in [5, 5.41) is 8.62.